The first-order valence-corrected chi connectivity index (χ1v) is 5.86. The van der Waals surface area contributed by atoms with Crippen LogP contribution in [0.25, 0.3) is 0 Å². The molecule has 92 valence electrons. The van der Waals surface area contributed by atoms with Crippen LogP contribution in [0.2, 0.25) is 0 Å². The SMILES string of the molecule is CCC(O)CNCc1cnn(C(C)(C)C)c1. The van der Waals surface area contributed by atoms with Gasteiger partial charge in [-0.05, 0) is 27.2 Å². The monoisotopic (exact) mass is 225 g/mol. The van der Waals surface area contributed by atoms with Crippen molar-refractivity contribution in [2.75, 3.05) is 6.54 Å². The highest BCUT2D eigenvalue weighted by molar-refractivity contribution is 5.04. The van der Waals surface area contributed by atoms with Gasteiger partial charge in [0.05, 0.1) is 17.8 Å². The van der Waals surface area contributed by atoms with E-state index in [0.717, 1.165) is 18.5 Å². The van der Waals surface area contributed by atoms with E-state index in [4.69, 9.17) is 0 Å². The molecule has 1 rings (SSSR count). The predicted octanol–water partition coefficient (Wildman–Crippen LogP) is 1.50. The van der Waals surface area contributed by atoms with Gasteiger partial charge in [-0.15, -0.1) is 0 Å². The van der Waals surface area contributed by atoms with Crippen LogP contribution in [0.15, 0.2) is 12.4 Å². The lowest BCUT2D eigenvalue weighted by Gasteiger charge is -2.18. The molecule has 1 aromatic rings. The van der Waals surface area contributed by atoms with Crippen molar-refractivity contribution >= 4 is 0 Å². The summed E-state index contributed by atoms with van der Waals surface area (Å²) in [6.07, 6.45) is 4.45. The molecular weight excluding hydrogens is 202 g/mol. The maximum absolute atomic E-state index is 9.39. The number of aromatic nitrogens is 2. The number of hydrogen-bond donors (Lipinski definition) is 2. The lowest BCUT2D eigenvalue weighted by atomic mass is 10.1. The lowest BCUT2D eigenvalue weighted by molar-refractivity contribution is 0.167. The Kier molecular flexibility index (Phi) is 4.50. The molecule has 0 aliphatic rings. The van der Waals surface area contributed by atoms with Crippen LogP contribution in [0.3, 0.4) is 0 Å². The van der Waals surface area contributed by atoms with Crippen LogP contribution in [0.4, 0.5) is 0 Å². The second-order valence-electron chi connectivity index (χ2n) is 5.16. The summed E-state index contributed by atoms with van der Waals surface area (Å²) in [6, 6.07) is 0. The Morgan fingerprint density at radius 2 is 2.19 bits per heavy atom. The molecule has 0 fully saturated rings. The van der Waals surface area contributed by atoms with E-state index < -0.39 is 0 Å². The summed E-state index contributed by atoms with van der Waals surface area (Å²) in [4.78, 5) is 0. The molecule has 0 spiro atoms. The summed E-state index contributed by atoms with van der Waals surface area (Å²) < 4.78 is 1.96. The van der Waals surface area contributed by atoms with E-state index in [0.29, 0.717) is 6.54 Å². The maximum atomic E-state index is 9.39. The molecule has 0 saturated carbocycles. The number of nitrogens with zero attached hydrogens (tertiary/aromatic N) is 2. The molecule has 1 atom stereocenters. The first-order valence-electron chi connectivity index (χ1n) is 5.86. The van der Waals surface area contributed by atoms with Crippen LogP contribution in [-0.2, 0) is 12.1 Å². The number of aliphatic hydroxyl groups is 1. The van der Waals surface area contributed by atoms with Gasteiger partial charge in [-0.25, -0.2) is 0 Å². The van der Waals surface area contributed by atoms with Gasteiger partial charge in [-0.3, -0.25) is 4.68 Å². The average Bonchev–Trinajstić information content (AvgIpc) is 2.65. The van der Waals surface area contributed by atoms with Gasteiger partial charge < -0.3 is 10.4 Å². The van der Waals surface area contributed by atoms with Crippen molar-refractivity contribution < 1.29 is 5.11 Å². The molecule has 0 aliphatic carbocycles. The van der Waals surface area contributed by atoms with Crippen molar-refractivity contribution in [2.45, 2.75) is 52.3 Å². The largest absolute Gasteiger partial charge is 0.392 e. The van der Waals surface area contributed by atoms with Crippen molar-refractivity contribution in [1.82, 2.24) is 15.1 Å². The first kappa shape index (κ1) is 13.2. The summed E-state index contributed by atoms with van der Waals surface area (Å²) in [7, 11) is 0. The van der Waals surface area contributed by atoms with Crippen LogP contribution in [-0.4, -0.2) is 27.5 Å². The molecular formula is C12H23N3O. The average molecular weight is 225 g/mol. The molecule has 4 heteroatoms. The quantitative estimate of drug-likeness (QED) is 0.798. The van der Waals surface area contributed by atoms with Gasteiger partial charge in [0.15, 0.2) is 0 Å². The van der Waals surface area contributed by atoms with Crippen molar-refractivity contribution in [2.24, 2.45) is 0 Å². The molecule has 1 unspecified atom stereocenters. The van der Waals surface area contributed by atoms with E-state index in [1.54, 1.807) is 0 Å². The van der Waals surface area contributed by atoms with Gasteiger partial charge in [0, 0.05) is 24.8 Å². The number of aliphatic hydroxyl groups excluding tert-OH is 1. The topological polar surface area (TPSA) is 50.1 Å². The molecule has 0 aliphatic heterocycles. The third kappa shape index (κ3) is 3.94. The molecule has 2 N–H and O–H groups in total. The predicted molar refractivity (Wildman–Crippen MR) is 65.2 cm³/mol. The van der Waals surface area contributed by atoms with Crippen LogP contribution in [0.1, 0.15) is 39.7 Å². The Labute approximate surface area is 97.7 Å². The minimum absolute atomic E-state index is 0.0290. The minimum atomic E-state index is -0.252. The maximum Gasteiger partial charge on any atom is 0.0662 e. The summed E-state index contributed by atoms with van der Waals surface area (Å²) in [5, 5.41) is 16.9. The second kappa shape index (κ2) is 5.46. The summed E-state index contributed by atoms with van der Waals surface area (Å²) in [6.45, 7) is 9.74. The molecule has 0 bridgehead atoms. The number of nitrogens with one attached hydrogen (secondary N) is 1. The Bertz CT molecular complexity index is 314. The zero-order chi connectivity index (χ0) is 12.2. The Hall–Kier alpha value is -0.870. The number of hydrogen-bond acceptors (Lipinski definition) is 3. The van der Waals surface area contributed by atoms with Gasteiger partial charge in [-0.2, -0.15) is 5.10 Å². The summed E-state index contributed by atoms with van der Waals surface area (Å²) in [5.41, 5.74) is 1.18. The molecule has 0 saturated heterocycles. The fourth-order valence-electron chi connectivity index (χ4n) is 1.35. The lowest BCUT2D eigenvalue weighted by Crippen LogP contribution is -2.25. The van der Waals surface area contributed by atoms with Crippen LogP contribution >= 0.6 is 0 Å². The standard InChI is InChI=1S/C12H23N3O/c1-5-11(16)8-13-6-10-7-14-15(9-10)12(2,3)4/h7,9,11,13,16H,5-6,8H2,1-4H3. The van der Waals surface area contributed by atoms with Gasteiger partial charge in [0.25, 0.3) is 0 Å². The second-order valence-corrected chi connectivity index (χ2v) is 5.16. The van der Waals surface area contributed by atoms with E-state index in [1.165, 1.54) is 0 Å². The number of rotatable bonds is 5. The van der Waals surface area contributed by atoms with Gasteiger partial charge >= 0.3 is 0 Å². The minimum Gasteiger partial charge on any atom is -0.392 e. The van der Waals surface area contributed by atoms with E-state index in [2.05, 4.69) is 31.2 Å². The molecule has 1 aromatic heterocycles. The van der Waals surface area contributed by atoms with Crippen LogP contribution < -0.4 is 5.32 Å². The highest BCUT2D eigenvalue weighted by Crippen LogP contribution is 2.12. The normalized spacial score (nSPS) is 14.1. The van der Waals surface area contributed by atoms with Crippen molar-refractivity contribution in [3.05, 3.63) is 18.0 Å². The Morgan fingerprint density at radius 3 is 2.69 bits per heavy atom. The molecule has 0 amide bonds. The fourth-order valence-corrected chi connectivity index (χ4v) is 1.35. The molecule has 16 heavy (non-hydrogen) atoms. The van der Waals surface area contributed by atoms with Gasteiger partial charge in [0.2, 0.25) is 0 Å². The zero-order valence-corrected chi connectivity index (χ0v) is 10.7. The van der Waals surface area contributed by atoms with Crippen molar-refractivity contribution in [1.29, 1.82) is 0 Å². The molecule has 1 heterocycles. The first-order chi connectivity index (χ1) is 7.43. The third-order valence-electron chi connectivity index (χ3n) is 2.50. The van der Waals surface area contributed by atoms with Crippen molar-refractivity contribution in [3.63, 3.8) is 0 Å². The van der Waals surface area contributed by atoms with E-state index >= 15 is 0 Å². The Morgan fingerprint density at radius 1 is 1.50 bits per heavy atom. The zero-order valence-electron chi connectivity index (χ0n) is 10.7. The van der Waals surface area contributed by atoms with E-state index in [-0.39, 0.29) is 11.6 Å². The van der Waals surface area contributed by atoms with Gasteiger partial charge in [0.1, 0.15) is 0 Å². The Balaban J connectivity index is 2.41. The fraction of sp³-hybridized carbons (Fsp3) is 0.750. The molecule has 0 radical (unpaired) electrons. The smallest absolute Gasteiger partial charge is 0.0662 e. The van der Waals surface area contributed by atoms with Crippen LogP contribution in [0.5, 0.6) is 0 Å². The summed E-state index contributed by atoms with van der Waals surface area (Å²) in [5.74, 6) is 0. The third-order valence-corrected chi connectivity index (χ3v) is 2.50. The van der Waals surface area contributed by atoms with E-state index in [1.807, 2.05) is 24.0 Å². The van der Waals surface area contributed by atoms with Crippen molar-refractivity contribution in [3.8, 4) is 0 Å². The molecule has 0 aromatic carbocycles. The van der Waals surface area contributed by atoms with Crippen LogP contribution in [0, 0.1) is 0 Å². The van der Waals surface area contributed by atoms with E-state index in [9.17, 15) is 5.11 Å². The highest BCUT2D eigenvalue weighted by Gasteiger charge is 2.13. The molecule has 4 nitrogen and oxygen atoms in total. The summed E-state index contributed by atoms with van der Waals surface area (Å²) >= 11 is 0. The highest BCUT2D eigenvalue weighted by atomic mass is 16.3. The van der Waals surface area contributed by atoms with Gasteiger partial charge in [-0.1, -0.05) is 6.92 Å².